The number of hydrogen-bond acceptors (Lipinski definition) is 11. The quantitative estimate of drug-likeness (QED) is 0.0956. The van der Waals surface area contributed by atoms with E-state index in [0.717, 1.165) is 74.0 Å². The first-order chi connectivity index (χ1) is 29.3. The molecular weight excluding hydrogens is 807 g/mol. The van der Waals surface area contributed by atoms with E-state index in [2.05, 4.69) is 57.2 Å². The molecule has 3 aliphatic heterocycles. The summed E-state index contributed by atoms with van der Waals surface area (Å²) in [5, 5.41) is 5.98. The van der Waals surface area contributed by atoms with E-state index in [9.17, 15) is 22.8 Å². The molecule has 1 atom stereocenters. The number of hydrogen-bond donors (Lipinski definition) is 4. The van der Waals surface area contributed by atoms with Crippen LogP contribution >= 0.6 is 0 Å². The lowest BCUT2D eigenvalue weighted by Gasteiger charge is -2.61. The Morgan fingerprint density at radius 1 is 0.967 bits per heavy atom. The van der Waals surface area contributed by atoms with Gasteiger partial charge in [-0.15, -0.1) is 0 Å². The molecule has 6 heterocycles. The van der Waals surface area contributed by atoms with Gasteiger partial charge in [0.15, 0.2) is 5.82 Å². The van der Waals surface area contributed by atoms with Crippen molar-refractivity contribution in [3.05, 3.63) is 95.6 Å². The summed E-state index contributed by atoms with van der Waals surface area (Å²) in [6, 6.07) is 12.0. The first-order valence-corrected chi connectivity index (χ1v) is 22.0. The van der Waals surface area contributed by atoms with E-state index in [1.165, 1.54) is 18.8 Å². The molecule has 1 unspecified atom stereocenters. The number of carbonyl (C=O) groups excluding carboxylic acids is 3. The van der Waals surface area contributed by atoms with E-state index in [1.807, 2.05) is 12.1 Å². The minimum atomic E-state index is -4.13. The number of nitrogens with zero attached hydrogens (tertiary/aromatic N) is 6. The zero-order valence-corrected chi connectivity index (χ0v) is 34.6. The summed E-state index contributed by atoms with van der Waals surface area (Å²) in [4.78, 5) is 58.7. The predicted molar refractivity (Wildman–Crippen MR) is 225 cm³/mol. The van der Waals surface area contributed by atoms with E-state index in [1.54, 1.807) is 31.6 Å². The molecule has 9 rings (SSSR count). The maximum absolute atomic E-state index is 15.6. The number of amides is 2. The molecule has 2 amide bonds. The van der Waals surface area contributed by atoms with Gasteiger partial charge in [-0.2, -0.15) is 12.7 Å². The molecule has 2 aromatic carbocycles. The van der Waals surface area contributed by atoms with E-state index in [4.69, 9.17) is 0 Å². The number of benzene rings is 2. The second-order valence-electron chi connectivity index (χ2n) is 16.7. The fourth-order valence-electron chi connectivity index (χ4n) is 9.19. The minimum Gasteiger partial charge on any atom is -0.374 e. The summed E-state index contributed by atoms with van der Waals surface area (Å²) in [5.41, 5.74) is 2.57. The van der Waals surface area contributed by atoms with Gasteiger partial charge in [0, 0.05) is 97.1 Å². The molecular formula is C43H46F2N10O5S. The average molecular weight is 853 g/mol. The molecule has 15 nitrogen and oxygen atoms in total. The van der Waals surface area contributed by atoms with Gasteiger partial charge in [0.25, 0.3) is 0 Å². The number of aromatic nitrogens is 4. The molecule has 1 spiro atoms. The Morgan fingerprint density at radius 3 is 2.36 bits per heavy atom. The maximum Gasteiger partial charge on any atom is 0.301 e. The number of ketones is 1. The standard InChI is InChI=1S/C43H46F2N10O5S/c1-3-53(2)61(59,60)52-34-9-8-33(44)37(38(34)45)39(57)32-22-47-40-31(32)16-27(19-46-40)28-20-48-42(49-21-28)55-23-43(24-55)17-30(18-43)54-14-12-26(13-15-54)25-4-6-29(7-5-25)50-35-10-11-36(56)51-41(35)58/h4-9,16,19-22,26,30,35,50,52H,3,10-15,17-18,23-24H2,1-2H3,(H,46,47)(H,51,56,58). The molecule has 318 valence electrons. The lowest BCUT2D eigenvalue weighted by Crippen LogP contribution is -2.67. The van der Waals surface area contributed by atoms with Crippen molar-refractivity contribution in [3.8, 4) is 11.1 Å². The number of fused-ring (bicyclic) bond motifs is 1. The fourth-order valence-corrected chi connectivity index (χ4v) is 10.1. The Morgan fingerprint density at radius 2 is 1.67 bits per heavy atom. The Labute approximate surface area is 351 Å². The van der Waals surface area contributed by atoms with Crippen molar-refractivity contribution in [1.82, 2.24) is 34.5 Å². The van der Waals surface area contributed by atoms with Crippen LogP contribution in [0.2, 0.25) is 0 Å². The number of piperidine rings is 2. The van der Waals surface area contributed by atoms with Crippen molar-refractivity contribution in [3.63, 3.8) is 0 Å². The third kappa shape index (κ3) is 7.83. The normalized spacial score (nSPS) is 19.8. The van der Waals surface area contributed by atoms with Crippen LogP contribution in [0.1, 0.15) is 72.9 Å². The van der Waals surface area contributed by atoms with E-state index >= 15 is 8.78 Å². The van der Waals surface area contributed by atoms with Crippen molar-refractivity contribution >= 4 is 56.2 Å². The van der Waals surface area contributed by atoms with Crippen LogP contribution in [-0.2, 0) is 19.8 Å². The van der Waals surface area contributed by atoms with Gasteiger partial charge in [-0.1, -0.05) is 19.1 Å². The summed E-state index contributed by atoms with van der Waals surface area (Å²) in [7, 11) is -2.83. The van der Waals surface area contributed by atoms with Gasteiger partial charge >= 0.3 is 10.2 Å². The van der Waals surface area contributed by atoms with Gasteiger partial charge < -0.3 is 20.1 Å². The zero-order chi connectivity index (χ0) is 42.6. The number of likely N-dealkylation sites (tertiary alicyclic amines) is 1. The Balaban J connectivity index is 0.781. The van der Waals surface area contributed by atoms with Crippen molar-refractivity contribution in [1.29, 1.82) is 0 Å². The van der Waals surface area contributed by atoms with Crippen LogP contribution in [0.15, 0.2) is 67.3 Å². The van der Waals surface area contributed by atoms with E-state index in [0.29, 0.717) is 52.9 Å². The molecule has 1 saturated carbocycles. The molecule has 61 heavy (non-hydrogen) atoms. The summed E-state index contributed by atoms with van der Waals surface area (Å²) in [6.07, 6.45) is 11.7. The van der Waals surface area contributed by atoms with Crippen molar-refractivity contribution in [2.24, 2.45) is 5.41 Å². The second kappa shape index (κ2) is 15.9. The number of rotatable bonds is 12. The largest absolute Gasteiger partial charge is 0.374 e. The van der Waals surface area contributed by atoms with Crippen molar-refractivity contribution < 1.29 is 31.6 Å². The number of anilines is 3. The third-order valence-corrected chi connectivity index (χ3v) is 14.4. The molecule has 3 saturated heterocycles. The highest BCUT2D eigenvalue weighted by Gasteiger charge is 2.54. The lowest BCUT2D eigenvalue weighted by molar-refractivity contribution is -0.133. The second-order valence-corrected chi connectivity index (χ2v) is 18.5. The average Bonchev–Trinajstić information content (AvgIpc) is 3.66. The molecule has 18 heteroatoms. The molecule has 0 radical (unpaired) electrons. The van der Waals surface area contributed by atoms with E-state index in [-0.39, 0.29) is 29.3 Å². The Bertz CT molecular complexity index is 2620. The van der Waals surface area contributed by atoms with Crippen LogP contribution in [0, 0.1) is 17.0 Å². The highest BCUT2D eigenvalue weighted by molar-refractivity contribution is 7.90. The van der Waals surface area contributed by atoms with Crippen LogP contribution in [0.3, 0.4) is 0 Å². The minimum absolute atomic E-state index is 0.0349. The topological polar surface area (TPSA) is 186 Å². The third-order valence-electron chi connectivity index (χ3n) is 12.8. The first-order valence-electron chi connectivity index (χ1n) is 20.6. The highest BCUT2D eigenvalue weighted by atomic mass is 32.2. The number of halogens is 2. The number of pyridine rings is 1. The molecule has 5 aromatic rings. The molecule has 4 fully saturated rings. The van der Waals surface area contributed by atoms with Crippen LogP contribution in [0.5, 0.6) is 0 Å². The zero-order valence-electron chi connectivity index (χ0n) is 33.7. The molecule has 3 aromatic heterocycles. The maximum atomic E-state index is 15.6. The Hall–Kier alpha value is -5.85. The number of aromatic amines is 1. The van der Waals surface area contributed by atoms with Gasteiger partial charge in [0.05, 0.1) is 11.3 Å². The van der Waals surface area contributed by atoms with Gasteiger partial charge in [-0.05, 0) is 87.0 Å². The summed E-state index contributed by atoms with van der Waals surface area (Å²) >= 11 is 0. The first kappa shape index (κ1) is 40.6. The van der Waals surface area contributed by atoms with Crippen LogP contribution in [0.25, 0.3) is 22.2 Å². The van der Waals surface area contributed by atoms with E-state index < -0.39 is 44.9 Å². The van der Waals surface area contributed by atoms with Gasteiger partial charge in [0.1, 0.15) is 17.5 Å². The summed E-state index contributed by atoms with van der Waals surface area (Å²) in [6.45, 7) is 5.63. The fraction of sp³-hybridized carbons (Fsp3) is 0.395. The van der Waals surface area contributed by atoms with Crippen molar-refractivity contribution in [2.75, 3.05) is 54.7 Å². The lowest BCUT2D eigenvalue weighted by atomic mass is 9.60. The number of imide groups is 1. The van der Waals surface area contributed by atoms with Crippen LogP contribution < -0.4 is 20.3 Å². The summed E-state index contributed by atoms with van der Waals surface area (Å²) in [5.74, 6) is -2.79. The molecule has 4 N–H and O–H groups in total. The summed E-state index contributed by atoms with van der Waals surface area (Å²) < 4.78 is 58.7. The van der Waals surface area contributed by atoms with Crippen molar-refractivity contribution in [2.45, 2.75) is 63.5 Å². The van der Waals surface area contributed by atoms with Crippen LogP contribution in [-0.4, -0.2) is 107 Å². The molecule has 1 aliphatic carbocycles. The smallest absolute Gasteiger partial charge is 0.301 e. The van der Waals surface area contributed by atoms with Gasteiger partial charge in [-0.25, -0.2) is 23.7 Å². The number of carbonyl (C=O) groups is 3. The van der Waals surface area contributed by atoms with Gasteiger partial charge in [0.2, 0.25) is 23.5 Å². The monoisotopic (exact) mass is 852 g/mol. The SMILES string of the molecule is CCN(C)S(=O)(=O)Nc1ccc(F)c(C(=O)c2c[nH]c3ncc(-c4cnc(N5CC6(CC(N7CCC(c8ccc(NC9CCC(=O)NC9=O)cc8)CC7)C6)C5)nc4)cc23)c1F. The molecule has 0 bridgehead atoms. The Kier molecular flexibility index (Phi) is 10.6. The predicted octanol–water partition coefficient (Wildman–Crippen LogP) is 5.20. The number of H-pyrrole nitrogens is 1. The number of nitrogens with one attached hydrogen (secondary N) is 4. The molecule has 4 aliphatic rings. The van der Waals surface area contributed by atoms with Crippen LogP contribution in [0.4, 0.5) is 26.1 Å². The highest BCUT2D eigenvalue weighted by Crippen LogP contribution is 2.51. The van der Waals surface area contributed by atoms with Gasteiger partial charge in [-0.3, -0.25) is 24.4 Å².